The number of esters is 1. The summed E-state index contributed by atoms with van der Waals surface area (Å²) in [5, 5.41) is 0. The Kier molecular flexibility index (Phi) is 3.22. The molecule has 0 radical (unpaired) electrons. The van der Waals surface area contributed by atoms with Crippen LogP contribution in [0, 0.1) is 5.82 Å². The van der Waals surface area contributed by atoms with Crippen molar-refractivity contribution in [3.8, 4) is 0 Å². The zero-order valence-corrected chi connectivity index (χ0v) is 7.67. The van der Waals surface area contributed by atoms with Gasteiger partial charge in [0.25, 0.3) is 0 Å². The Hall–Kier alpha value is -0.900. The molecular formula is C8H6BrFO2. The molecule has 2 nitrogen and oxygen atoms in total. The van der Waals surface area contributed by atoms with Gasteiger partial charge in [-0.3, -0.25) is 0 Å². The second-order valence-corrected chi connectivity index (χ2v) is 2.51. The molecule has 0 aliphatic rings. The predicted molar refractivity (Wildman–Crippen MR) is 45.6 cm³/mol. The van der Waals surface area contributed by atoms with E-state index in [2.05, 4.69) is 20.7 Å². The molecule has 0 atom stereocenters. The fraction of sp³-hybridized carbons (Fsp3) is 0.125. The van der Waals surface area contributed by atoms with Gasteiger partial charge in [-0.2, -0.15) is 0 Å². The Balaban J connectivity index is 2.75. The molecule has 0 amide bonds. The Morgan fingerprint density at radius 2 is 2.00 bits per heavy atom. The largest absolute Gasteiger partial charge is 0.450 e. The van der Waals surface area contributed by atoms with Crippen LogP contribution in [0.25, 0.3) is 0 Å². The summed E-state index contributed by atoms with van der Waals surface area (Å²) in [7, 11) is 0. The number of ether oxygens (including phenoxy) is 1. The number of rotatable bonds is 2. The number of benzene rings is 1. The summed E-state index contributed by atoms with van der Waals surface area (Å²) in [5.41, 5.74) is 0.485. The number of hydrogen-bond acceptors (Lipinski definition) is 2. The van der Waals surface area contributed by atoms with Crippen LogP contribution in [0.2, 0.25) is 0 Å². The number of hydrogen-bond donors (Lipinski definition) is 0. The lowest BCUT2D eigenvalue weighted by molar-refractivity contribution is 0.0584. The summed E-state index contributed by atoms with van der Waals surface area (Å²) >= 11 is 2.94. The van der Waals surface area contributed by atoms with Gasteiger partial charge in [0.15, 0.2) is 0 Å². The van der Waals surface area contributed by atoms with E-state index in [0.717, 1.165) is 0 Å². The predicted octanol–water partition coefficient (Wildman–Crippen LogP) is 2.33. The maximum atomic E-state index is 12.4. The summed E-state index contributed by atoms with van der Waals surface area (Å²) in [5.74, 6) is -0.836. The van der Waals surface area contributed by atoms with E-state index in [0.29, 0.717) is 5.56 Å². The van der Waals surface area contributed by atoms with Gasteiger partial charge in [0, 0.05) is 0 Å². The SMILES string of the molecule is O=C(OCBr)c1ccc(F)cc1. The summed E-state index contributed by atoms with van der Waals surface area (Å²) in [6.45, 7) is 0. The van der Waals surface area contributed by atoms with E-state index in [4.69, 9.17) is 0 Å². The molecule has 1 aromatic carbocycles. The van der Waals surface area contributed by atoms with Crippen molar-refractivity contribution in [2.75, 3.05) is 5.52 Å². The third-order valence-electron chi connectivity index (χ3n) is 1.27. The van der Waals surface area contributed by atoms with Gasteiger partial charge in [-0.25, -0.2) is 9.18 Å². The lowest BCUT2D eigenvalue weighted by Gasteiger charge is -1.99. The highest BCUT2D eigenvalue weighted by Gasteiger charge is 2.04. The van der Waals surface area contributed by atoms with Crippen molar-refractivity contribution in [1.29, 1.82) is 0 Å². The Morgan fingerprint density at radius 1 is 1.42 bits per heavy atom. The molecule has 1 aromatic rings. The summed E-state index contributed by atoms with van der Waals surface area (Å²) in [4.78, 5) is 11.0. The van der Waals surface area contributed by atoms with Crippen LogP contribution < -0.4 is 0 Å². The average molecular weight is 233 g/mol. The molecule has 0 aliphatic heterocycles. The standard InChI is InChI=1S/C8H6BrFO2/c9-5-12-8(11)6-1-3-7(10)4-2-6/h1-4H,5H2. The topological polar surface area (TPSA) is 26.3 Å². The van der Waals surface area contributed by atoms with Crippen molar-refractivity contribution in [1.82, 2.24) is 0 Å². The lowest BCUT2D eigenvalue weighted by Crippen LogP contribution is -2.02. The van der Waals surface area contributed by atoms with Gasteiger partial charge in [-0.1, -0.05) is 0 Å². The molecule has 4 heteroatoms. The molecule has 0 spiro atoms. The van der Waals surface area contributed by atoms with Gasteiger partial charge in [0.05, 0.1) is 5.56 Å². The second-order valence-electron chi connectivity index (χ2n) is 2.05. The second kappa shape index (κ2) is 4.21. The van der Waals surface area contributed by atoms with Crippen molar-refractivity contribution in [3.05, 3.63) is 35.6 Å². The molecule has 0 saturated heterocycles. The molecule has 0 bridgehead atoms. The Morgan fingerprint density at radius 3 is 2.50 bits per heavy atom. The highest BCUT2D eigenvalue weighted by atomic mass is 79.9. The number of halogens is 2. The average Bonchev–Trinajstić information content (AvgIpc) is 2.06. The lowest BCUT2D eigenvalue weighted by atomic mass is 10.2. The first-order chi connectivity index (χ1) is 5.74. The monoisotopic (exact) mass is 232 g/mol. The summed E-state index contributed by atoms with van der Waals surface area (Å²) in [6, 6.07) is 5.18. The molecule has 0 aromatic heterocycles. The number of alkyl halides is 1. The fourth-order valence-electron chi connectivity index (χ4n) is 0.719. The van der Waals surface area contributed by atoms with E-state index < -0.39 is 5.97 Å². The third kappa shape index (κ3) is 2.30. The van der Waals surface area contributed by atoms with E-state index >= 15 is 0 Å². The number of carbonyl (C=O) groups excluding carboxylic acids is 1. The van der Waals surface area contributed by atoms with Crippen LogP contribution in [0.15, 0.2) is 24.3 Å². The van der Waals surface area contributed by atoms with Gasteiger partial charge < -0.3 is 4.74 Å². The minimum Gasteiger partial charge on any atom is -0.450 e. The smallest absolute Gasteiger partial charge is 0.338 e. The van der Waals surface area contributed by atoms with Crippen LogP contribution in [0.5, 0.6) is 0 Å². The minimum absolute atomic E-state index is 0.142. The molecule has 0 aliphatic carbocycles. The van der Waals surface area contributed by atoms with Gasteiger partial charge in [0.1, 0.15) is 11.3 Å². The van der Waals surface area contributed by atoms with Crippen LogP contribution in [-0.4, -0.2) is 11.5 Å². The van der Waals surface area contributed by atoms with Crippen molar-refractivity contribution < 1.29 is 13.9 Å². The van der Waals surface area contributed by atoms with E-state index in [1.807, 2.05) is 0 Å². The molecule has 12 heavy (non-hydrogen) atoms. The van der Waals surface area contributed by atoms with Gasteiger partial charge in [0.2, 0.25) is 0 Å². The van der Waals surface area contributed by atoms with Crippen molar-refractivity contribution >= 4 is 21.9 Å². The zero-order chi connectivity index (χ0) is 8.97. The molecule has 0 heterocycles. The van der Waals surface area contributed by atoms with Crippen LogP contribution in [0.3, 0.4) is 0 Å². The van der Waals surface area contributed by atoms with Crippen LogP contribution in [-0.2, 0) is 4.74 Å². The summed E-state index contributed by atoms with van der Waals surface area (Å²) < 4.78 is 17.0. The first-order valence-corrected chi connectivity index (χ1v) is 4.35. The Labute approximate surface area is 77.5 Å². The van der Waals surface area contributed by atoms with E-state index in [1.54, 1.807) is 0 Å². The minimum atomic E-state index is -0.466. The summed E-state index contributed by atoms with van der Waals surface area (Å²) in [6.07, 6.45) is 0. The maximum Gasteiger partial charge on any atom is 0.338 e. The van der Waals surface area contributed by atoms with Gasteiger partial charge in [-0.15, -0.1) is 0 Å². The van der Waals surface area contributed by atoms with E-state index in [-0.39, 0.29) is 11.3 Å². The zero-order valence-electron chi connectivity index (χ0n) is 6.09. The third-order valence-corrected chi connectivity index (χ3v) is 1.49. The fourth-order valence-corrected chi connectivity index (χ4v) is 0.927. The quantitative estimate of drug-likeness (QED) is 0.578. The first kappa shape index (κ1) is 9.19. The highest BCUT2D eigenvalue weighted by Crippen LogP contribution is 2.04. The molecule has 0 N–H and O–H groups in total. The molecule has 1 rings (SSSR count). The van der Waals surface area contributed by atoms with Gasteiger partial charge >= 0.3 is 5.97 Å². The van der Waals surface area contributed by atoms with E-state index in [1.165, 1.54) is 24.3 Å². The van der Waals surface area contributed by atoms with Gasteiger partial charge in [-0.05, 0) is 40.2 Å². The Bertz CT molecular complexity index is 271. The number of carbonyl (C=O) groups is 1. The first-order valence-electron chi connectivity index (χ1n) is 3.22. The highest BCUT2D eigenvalue weighted by molar-refractivity contribution is 9.09. The molecule has 0 saturated carbocycles. The van der Waals surface area contributed by atoms with Crippen LogP contribution in [0.1, 0.15) is 10.4 Å². The van der Waals surface area contributed by atoms with Crippen LogP contribution in [0.4, 0.5) is 4.39 Å². The van der Waals surface area contributed by atoms with E-state index in [9.17, 15) is 9.18 Å². The van der Waals surface area contributed by atoms with Crippen molar-refractivity contribution in [2.45, 2.75) is 0 Å². The normalized spacial score (nSPS) is 9.50. The molecule has 0 unspecified atom stereocenters. The molecular weight excluding hydrogens is 227 g/mol. The van der Waals surface area contributed by atoms with Crippen molar-refractivity contribution in [2.24, 2.45) is 0 Å². The molecule has 64 valence electrons. The molecule has 0 fully saturated rings. The maximum absolute atomic E-state index is 12.4. The van der Waals surface area contributed by atoms with Crippen LogP contribution >= 0.6 is 15.9 Å². The van der Waals surface area contributed by atoms with Crippen molar-refractivity contribution in [3.63, 3.8) is 0 Å².